The van der Waals surface area contributed by atoms with Gasteiger partial charge in [0.25, 0.3) is 0 Å². The van der Waals surface area contributed by atoms with Crippen molar-refractivity contribution in [1.82, 2.24) is 0 Å². The average Bonchev–Trinajstić information content (AvgIpc) is 2.41. The maximum absolute atomic E-state index is 5.83. The highest BCUT2D eigenvalue weighted by molar-refractivity contribution is 5.36. The van der Waals surface area contributed by atoms with E-state index in [0.717, 1.165) is 11.5 Å². The van der Waals surface area contributed by atoms with Gasteiger partial charge in [-0.25, -0.2) is 0 Å². The van der Waals surface area contributed by atoms with E-state index in [9.17, 15) is 0 Å². The zero-order valence-corrected chi connectivity index (χ0v) is 13.5. The van der Waals surface area contributed by atoms with Gasteiger partial charge < -0.3 is 4.74 Å². The minimum absolute atomic E-state index is 0.182. The van der Waals surface area contributed by atoms with Crippen molar-refractivity contribution in [2.24, 2.45) is 0 Å². The fourth-order valence-corrected chi connectivity index (χ4v) is 1.84. The van der Waals surface area contributed by atoms with Crippen LogP contribution in [0.15, 0.2) is 48.5 Å². The molecule has 1 nitrogen and oxygen atoms in total. The summed E-state index contributed by atoms with van der Waals surface area (Å²) < 4.78 is 5.83. The highest BCUT2D eigenvalue weighted by Crippen LogP contribution is 2.27. The second-order valence-electron chi connectivity index (χ2n) is 5.69. The topological polar surface area (TPSA) is 9.23 Å². The summed E-state index contributed by atoms with van der Waals surface area (Å²) in [4.78, 5) is 0. The van der Waals surface area contributed by atoms with Gasteiger partial charge in [-0.2, -0.15) is 0 Å². The highest BCUT2D eigenvalue weighted by Gasteiger charge is 2.12. The number of aryl methyl sites for hydroxylation is 1. The predicted molar refractivity (Wildman–Crippen MR) is 87.7 cm³/mol. The van der Waals surface area contributed by atoms with Gasteiger partial charge in [0.1, 0.15) is 11.5 Å². The minimum Gasteiger partial charge on any atom is -0.457 e. The first-order valence-corrected chi connectivity index (χ1v) is 7.30. The number of hydrogen-bond acceptors (Lipinski definition) is 1. The normalized spacial score (nSPS) is 10.5. The van der Waals surface area contributed by atoms with Crippen LogP contribution in [-0.2, 0) is 5.41 Å². The maximum Gasteiger partial charge on any atom is 0.127 e. The molecule has 0 saturated carbocycles. The van der Waals surface area contributed by atoms with Crippen molar-refractivity contribution < 1.29 is 4.74 Å². The van der Waals surface area contributed by atoms with Gasteiger partial charge in [0, 0.05) is 0 Å². The third-order valence-electron chi connectivity index (χ3n) is 2.95. The first-order valence-electron chi connectivity index (χ1n) is 7.30. The third kappa shape index (κ3) is 4.73. The number of benzene rings is 2. The first-order chi connectivity index (χ1) is 9.45. The van der Waals surface area contributed by atoms with Crippen molar-refractivity contribution in [3.05, 3.63) is 59.7 Å². The molecule has 0 spiro atoms. The fourth-order valence-electron chi connectivity index (χ4n) is 1.84. The highest BCUT2D eigenvalue weighted by atomic mass is 16.5. The molecule has 2 rings (SSSR count). The molecule has 0 N–H and O–H groups in total. The van der Waals surface area contributed by atoms with Gasteiger partial charge in [-0.3, -0.25) is 0 Å². The van der Waals surface area contributed by atoms with Crippen LogP contribution in [0.1, 0.15) is 45.7 Å². The summed E-state index contributed by atoms with van der Waals surface area (Å²) in [5, 5.41) is 0. The van der Waals surface area contributed by atoms with Gasteiger partial charge in [0.2, 0.25) is 0 Å². The van der Waals surface area contributed by atoms with Crippen LogP contribution in [0.4, 0.5) is 0 Å². The summed E-state index contributed by atoms with van der Waals surface area (Å²) in [5.41, 5.74) is 2.71. The molecule has 108 valence electrons. The summed E-state index contributed by atoms with van der Waals surface area (Å²) in [6.07, 6.45) is 0. The van der Waals surface area contributed by atoms with E-state index < -0.39 is 0 Å². The van der Waals surface area contributed by atoms with Crippen LogP contribution in [0.5, 0.6) is 11.5 Å². The van der Waals surface area contributed by atoms with Crippen LogP contribution >= 0.6 is 0 Å². The van der Waals surface area contributed by atoms with Crippen molar-refractivity contribution >= 4 is 0 Å². The van der Waals surface area contributed by atoms with E-state index in [4.69, 9.17) is 4.74 Å². The molecule has 0 saturated heterocycles. The van der Waals surface area contributed by atoms with Crippen LogP contribution in [0.25, 0.3) is 0 Å². The van der Waals surface area contributed by atoms with E-state index >= 15 is 0 Å². The molecule has 2 aromatic rings. The Bertz CT molecular complexity index is 518. The maximum atomic E-state index is 5.83. The number of hydrogen-bond donors (Lipinski definition) is 0. The first kappa shape index (κ1) is 16.3. The molecule has 0 atom stereocenters. The lowest BCUT2D eigenvalue weighted by Crippen LogP contribution is -2.10. The van der Waals surface area contributed by atoms with Crippen molar-refractivity contribution in [3.8, 4) is 11.5 Å². The SMILES string of the molecule is CC.Cc1cccc(Oc2ccc(C(C)(C)C)cc2)c1. The molecule has 0 fully saturated rings. The lowest BCUT2D eigenvalue weighted by molar-refractivity contribution is 0.481. The zero-order chi connectivity index (χ0) is 15.2. The van der Waals surface area contributed by atoms with Crippen LogP contribution in [-0.4, -0.2) is 0 Å². The molecule has 0 aliphatic rings. The second kappa shape index (κ2) is 7.14. The molecule has 2 aromatic carbocycles. The molecule has 0 amide bonds. The number of ether oxygens (including phenoxy) is 1. The Morgan fingerprint density at radius 3 is 1.90 bits per heavy atom. The van der Waals surface area contributed by atoms with E-state index in [2.05, 4.69) is 45.9 Å². The smallest absolute Gasteiger partial charge is 0.127 e. The average molecular weight is 270 g/mol. The van der Waals surface area contributed by atoms with Crippen molar-refractivity contribution in [1.29, 1.82) is 0 Å². The Balaban J connectivity index is 0.000000956. The lowest BCUT2D eigenvalue weighted by Gasteiger charge is -2.19. The summed E-state index contributed by atoms with van der Waals surface area (Å²) >= 11 is 0. The van der Waals surface area contributed by atoms with Gasteiger partial charge in [0.05, 0.1) is 0 Å². The van der Waals surface area contributed by atoms with E-state index in [1.54, 1.807) is 0 Å². The Labute approximate surface area is 123 Å². The molecule has 0 heterocycles. The zero-order valence-electron chi connectivity index (χ0n) is 13.5. The molecule has 0 aliphatic carbocycles. The molecule has 0 radical (unpaired) electrons. The van der Waals surface area contributed by atoms with Gasteiger partial charge >= 0.3 is 0 Å². The largest absolute Gasteiger partial charge is 0.457 e. The summed E-state index contributed by atoms with van der Waals surface area (Å²) in [6, 6.07) is 16.4. The summed E-state index contributed by atoms with van der Waals surface area (Å²) in [6.45, 7) is 12.7. The van der Waals surface area contributed by atoms with E-state index in [0.29, 0.717) is 0 Å². The molecule has 20 heavy (non-hydrogen) atoms. The molecule has 1 heteroatoms. The van der Waals surface area contributed by atoms with Crippen LogP contribution in [0, 0.1) is 6.92 Å². The van der Waals surface area contributed by atoms with Gasteiger partial charge in [0.15, 0.2) is 0 Å². The van der Waals surface area contributed by atoms with E-state index in [1.807, 2.05) is 44.2 Å². The standard InChI is InChI=1S/C17H20O.C2H6/c1-13-6-5-7-16(12-13)18-15-10-8-14(9-11-15)17(2,3)4;1-2/h5-12H,1-4H3;1-2H3. The Morgan fingerprint density at radius 2 is 1.40 bits per heavy atom. The molecular weight excluding hydrogens is 244 g/mol. The summed E-state index contributed by atoms with van der Waals surface area (Å²) in [5.74, 6) is 1.77. The predicted octanol–water partition coefficient (Wildman–Crippen LogP) is 6.11. The van der Waals surface area contributed by atoms with Crippen molar-refractivity contribution in [3.63, 3.8) is 0 Å². The third-order valence-corrected chi connectivity index (χ3v) is 2.95. The van der Waals surface area contributed by atoms with Crippen molar-refractivity contribution in [2.75, 3.05) is 0 Å². The monoisotopic (exact) mass is 270 g/mol. The van der Waals surface area contributed by atoms with E-state index in [1.165, 1.54) is 11.1 Å². The van der Waals surface area contributed by atoms with Gasteiger partial charge in [-0.15, -0.1) is 0 Å². The molecule has 0 aliphatic heterocycles. The van der Waals surface area contributed by atoms with Crippen LogP contribution in [0.3, 0.4) is 0 Å². The van der Waals surface area contributed by atoms with Gasteiger partial charge in [-0.05, 0) is 47.7 Å². The quantitative estimate of drug-likeness (QED) is 0.639. The van der Waals surface area contributed by atoms with E-state index in [-0.39, 0.29) is 5.41 Å². The van der Waals surface area contributed by atoms with Crippen molar-refractivity contribution in [2.45, 2.75) is 47.0 Å². The Hall–Kier alpha value is -1.76. The van der Waals surface area contributed by atoms with Gasteiger partial charge in [-0.1, -0.05) is 58.9 Å². The fraction of sp³-hybridized carbons (Fsp3) is 0.368. The lowest BCUT2D eigenvalue weighted by atomic mass is 9.87. The van der Waals surface area contributed by atoms with Crippen LogP contribution in [0.2, 0.25) is 0 Å². The Kier molecular flexibility index (Phi) is 5.82. The molecule has 0 aromatic heterocycles. The minimum atomic E-state index is 0.182. The molecule has 0 bridgehead atoms. The molecular formula is C19H26O. The Morgan fingerprint density at radius 1 is 0.800 bits per heavy atom. The van der Waals surface area contributed by atoms with Crippen LogP contribution < -0.4 is 4.74 Å². The molecule has 0 unspecified atom stereocenters. The number of rotatable bonds is 2. The second-order valence-corrected chi connectivity index (χ2v) is 5.69. The summed E-state index contributed by atoms with van der Waals surface area (Å²) in [7, 11) is 0.